The minimum atomic E-state index is -2.04. The van der Waals surface area contributed by atoms with Crippen LogP contribution in [0, 0.1) is 11.8 Å². The number of pyridine rings is 1. The molecule has 0 unspecified atom stereocenters. The summed E-state index contributed by atoms with van der Waals surface area (Å²) in [6.07, 6.45) is 4.63. The Balaban J connectivity index is 1.91. The molecule has 1 aliphatic heterocycles. The highest BCUT2D eigenvalue weighted by Crippen LogP contribution is 2.46. The third-order valence-corrected chi connectivity index (χ3v) is 11.1. The van der Waals surface area contributed by atoms with Crippen LogP contribution < -0.4 is 16.0 Å². The summed E-state index contributed by atoms with van der Waals surface area (Å²) in [7, 11) is -2.04. The molecule has 1 aromatic heterocycles. The standard InChI is InChI=1S/C20H34N4O3Si/c1-20(2,3)28(4,5)27-18-14(13-6-7-13)11-24(12-16(18)23-19(25)26)17-8-9-22-10-15(17)21/h8-10,13-14,16,18,23H,6-7,11-12,21H2,1-5H3,(H,25,26)/t14-,16-,18-/m1/s1. The summed E-state index contributed by atoms with van der Waals surface area (Å²) in [4.78, 5) is 17.9. The summed E-state index contributed by atoms with van der Waals surface area (Å²) in [5, 5.41) is 12.3. The quantitative estimate of drug-likeness (QED) is 0.647. The minimum Gasteiger partial charge on any atom is -0.465 e. The molecule has 1 aliphatic carbocycles. The van der Waals surface area contributed by atoms with E-state index in [0.29, 0.717) is 18.2 Å². The molecule has 3 atom stereocenters. The van der Waals surface area contributed by atoms with Gasteiger partial charge in [-0.05, 0) is 43.0 Å². The molecule has 0 radical (unpaired) electrons. The molecule has 1 amide bonds. The summed E-state index contributed by atoms with van der Waals surface area (Å²) >= 11 is 0. The first kappa shape index (κ1) is 20.9. The number of nitrogen functional groups attached to an aromatic ring is 1. The third-order valence-electron chi connectivity index (χ3n) is 6.61. The highest BCUT2D eigenvalue weighted by molar-refractivity contribution is 6.74. The summed E-state index contributed by atoms with van der Waals surface area (Å²) in [6.45, 7) is 12.5. The van der Waals surface area contributed by atoms with Gasteiger partial charge in [-0.15, -0.1) is 0 Å². The first-order valence-electron chi connectivity index (χ1n) is 10.1. The minimum absolute atomic E-state index is 0.0710. The van der Waals surface area contributed by atoms with Crippen LogP contribution in [0.2, 0.25) is 18.1 Å². The molecule has 28 heavy (non-hydrogen) atoms. The normalized spacial score (nSPS) is 26.2. The predicted octanol–water partition coefficient (Wildman–Crippen LogP) is 3.54. The highest BCUT2D eigenvalue weighted by Gasteiger charge is 2.50. The van der Waals surface area contributed by atoms with Crippen LogP contribution in [0.4, 0.5) is 16.2 Å². The molecular weight excluding hydrogens is 372 g/mol. The number of carboxylic acid groups (broad SMARTS) is 1. The second-order valence-electron chi connectivity index (χ2n) is 9.74. The van der Waals surface area contributed by atoms with Crippen LogP contribution in [0.5, 0.6) is 0 Å². The Morgan fingerprint density at radius 1 is 1.36 bits per heavy atom. The monoisotopic (exact) mass is 406 g/mol. The molecule has 7 nitrogen and oxygen atoms in total. The van der Waals surface area contributed by atoms with Gasteiger partial charge in [-0.25, -0.2) is 4.79 Å². The first-order valence-corrected chi connectivity index (χ1v) is 13.0. The number of aromatic nitrogens is 1. The average Bonchev–Trinajstić information content (AvgIpc) is 3.40. The second-order valence-corrected chi connectivity index (χ2v) is 14.5. The summed E-state index contributed by atoms with van der Waals surface area (Å²) in [5.41, 5.74) is 7.70. The Bertz CT molecular complexity index is 718. The van der Waals surface area contributed by atoms with E-state index in [9.17, 15) is 9.90 Å². The maximum Gasteiger partial charge on any atom is 0.405 e. The van der Waals surface area contributed by atoms with Gasteiger partial charge in [-0.2, -0.15) is 0 Å². The number of rotatable bonds is 5. The SMILES string of the molecule is CC(C)(C)[Si](C)(C)O[C@@H]1[C@@H](C2CC2)CN(c2ccncc2N)C[C@H]1NC(=O)O. The molecular formula is C20H34N4O3Si. The molecule has 0 bridgehead atoms. The lowest BCUT2D eigenvalue weighted by molar-refractivity contribution is 0.0553. The van der Waals surface area contributed by atoms with Gasteiger partial charge < -0.3 is 25.5 Å². The van der Waals surface area contributed by atoms with Crippen LogP contribution in [-0.2, 0) is 4.43 Å². The maximum atomic E-state index is 11.6. The third kappa shape index (κ3) is 4.43. The molecule has 2 fully saturated rings. The van der Waals surface area contributed by atoms with Crippen molar-refractivity contribution in [2.45, 2.75) is 63.9 Å². The van der Waals surface area contributed by atoms with Crippen molar-refractivity contribution in [2.24, 2.45) is 11.8 Å². The molecule has 1 saturated heterocycles. The van der Waals surface area contributed by atoms with Gasteiger partial charge in [-0.3, -0.25) is 4.98 Å². The molecule has 4 N–H and O–H groups in total. The molecule has 3 rings (SSSR count). The Hall–Kier alpha value is -1.80. The summed E-state index contributed by atoms with van der Waals surface area (Å²) in [6, 6.07) is 1.62. The van der Waals surface area contributed by atoms with E-state index >= 15 is 0 Å². The van der Waals surface area contributed by atoms with Gasteiger partial charge >= 0.3 is 6.09 Å². The number of nitrogens with one attached hydrogen (secondary N) is 1. The fourth-order valence-electron chi connectivity index (χ4n) is 3.87. The predicted molar refractivity (Wildman–Crippen MR) is 114 cm³/mol. The zero-order valence-electron chi connectivity index (χ0n) is 17.6. The number of nitrogens with zero attached hydrogens (tertiary/aromatic N) is 2. The van der Waals surface area contributed by atoms with Crippen molar-refractivity contribution in [2.75, 3.05) is 23.7 Å². The topological polar surface area (TPSA) is 101 Å². The molecule has 0 spiro atoms. The van der Waals surface area contributed by atoms with Crippen LogP contribution in [0.1, 0.15) is 33.6 Å². The summed E-state index contributed by atoms with van der Waals surface area (Å²) in [5.74, 6) is 0.867. The maximum absolute atomic E-state index is 11.6. The number of piperidine rings is 1. The van der Waals surface area contributed by atoms with Gasteiger partial charge in [0.15, 0.2) is 8.32 Å². The zero-order chi connectivity index (χ0) is 20.7. The van der Waals surface area contributed by atoms with Crippen molar-refractivity contribution in [1.82, 2.24) is 10.3 Å². The van der Waals surface area contributed by atoms with Crippen molar-refractivity contribution in [1.29, 1.82) is 0 Å². The fourth-order valence-corrected chi connectivity index (χ4v) is 5.24. The van der Waals surface area contributed by atoms with E-state index in [4.69, 9.17) is 10.2 Å². The Kier molecular flexibility index (Phi) is 5.64. The Morgan fingerprint density at radius 3 is 2.57 bits per heavy atom. The molecule has 1 saturated carbocycles. The fraction of sp³-hybridized carbons (Fsp3) is 0.700. The van der Waals surface area contributed by atoms with E-state index in [1.165, 1.54) is 12.8 Å². The number of hydrogen-bond donors (Lipinski definition) is 3. The zero-order valence-corrected chi connectivity index (χ0v) is 18.6. The average molecular weight is 407 g/mol. The van der Waals surface area contributed by atoms with Crippen LogP contribution in [0.25, 0.3) is 0 Å². The lowest BCUT2D eigenvalue weighted by Gasteiger charge is -2.49. The Morgan fingerprint density at radius 2 is 2.04 bits per heavy atom. The van der Waals surface area contributed by atoms with Crippen LogP contribution >= 0.6 is 0 Å². The molecule has 1 aromatic rings. The van der Waals surface area contributed by atoms with Crippen LogP contribution in [0.3, 0.4) is 0 Å². The first-order chi connectivity index (χ1) is 13.0. The molecule has 2 heterocycles. The lowest BCUT2D eigenvalue weighted by atomic mass is 9.86. The highest BCUT2D eigenvalue weighted by atomic mass is 28.4. The van der Waals surface area contributed by atoms with Crippen molar-refractivity contribution < 1.29 is 14.3 Å². The van der Waals surface area contributed by atoms with Crippen molar-refractivity contribution in [3.63, 3.8) is 0 Å². The van der Waals surface area contributed by atoms with Crippen molar-refractivity contribution >= 4 is 25.8 Å². The number of amides is 1. The number of carbonyl (C=O) groups is 1. The smallest absolute Gasteiger partial charge is 0.405 e. The largest absolute Gasteiger partial charge is 0.465 e. The van der Waals surface area contributed by atoms with E-state index in [1.54, 1.807) is 12.4 Å². The van der Waals surface area contributed by atoms with Crippen molar-refractivity contribution in [3.05, 3.63) is 18.5 Å². The van der Waals surface area contributed by atoms with Crippen LogP contribution in [0.15, 0.2) is 18.5 Å². The second kappa shape index (κ2) is 7.55. The van der Waals surface area contributed by atoms with E-state index in [-0.39, 0.29) is 23.1 Å². The van der Waals surface area contributed by atoms with Crippen molar-refractivity contribution in [3.8, 4) is 0 Å². The van der Waals surface area contributed by atoms with E-state index in [0.717, 1.165) is 12.2 Å². The van der Waals surface area contributed by atoms with E-state index < -0.39 is 14.4 Å². The van der Waals surface area contributed by atoms with Gasteiger partial charge in [0.2, 0.25) is 0 Å². The molecule has 0 aromatic carbocycles. The van der Waals surface area contributed by atoms with Gasteiger partial charge in [0.05, 0.1) is 29.7 Å². The van der Waals surface area contributed by atoms with E-state index in [1.807, 2.05) is 6.07 Å². The number of anilines is 2. The van der Waals surface area contributed by atoms with Gasteiger partial charge in [0, 0.05) is 25.2 Å². The number of hydrogen-bond acceptors (Lipinski definition) is 5. The molecule has 8 heteroatoms. The van der Waals surface area contributed by atoms with Crippen LogP contribution in [-0.4, -0.2) is 49.7 Å². The van der Waals surface area contributed by atoms with Gasteiger partial charge in [0.25, 0.3) is 0 Å². The van der Waals surface area contributed by atoms with Gasteiger partial charge in [-0.1, -0.05) is 20.8 Å². The molecule has 156 valence electrons. The lowest BCUT2D eigenvalue weighted by Crippen LogP contribution is -2.63. The molecule has 2 aliphatic rings. The van der Waals surface area contributed by atoms with Gasteiger partial charge in [0.1, 0.15) is 0 Å². The summed E-state index contributed by atoms with van der Waals surface area (Å²) < 4.78 is 6.83. The van der Waals surface area contributed by atoms with E-state index in [2.05, 4.69) is 49.1 Å². The number of nitrogens with two attached hydrogens (primary N) is 1. The Labute approximate surface area is 168 Å².